The van der Waals surface area contributed by atoms with Crippen molar-refractivity contribution >= 4 is 15.9 Å². The Hall–Kier alpha value is -1.64. The van der Waals surface area contributed by atoms with Crippen molar-refractivity contribution in [2.45, 2.75) is 44.7 Å². The average Bonchev–Trinajstić information content (AvgIpc) is 3.15. The Bertz CT molecular complexity index is 759. The lowest BCUT2D eigenvalue weighted by atomic mass is 10.0. The van der Waals surface area contributed by atoms with Crippen LogP contribution in [-0.4, -0.2) is 74.8 Å². The largest absolute Gasteiger partial charge is 0.494 e. The number of hydrogen-bond acceptors (Lipinski definition) is 5. The van der Waals surface area contributed by atoms with Gasteiger partial charge in [-0.2, -0.15) is 0 Å². The molecule has 1 unspecified atom stereocenters. The van der Waals surface area contributed by atoms with Gasteiger partial charge in [0.05, 0.1) is 19.3 Å². The summed E-state index contributed by atoms with van der Waals surface area (Å²) in [5.41, 5.74) is 0.934. The molecule has 0 saturated carbocycles. The number of carbonyl (C=O) groups excluding carboxylic acids is 1. The van der Waals surface area contributed by atoms with Crippen LogP contribution in [0.5, 0.6) is 5.75 Å². The van der Waals surface area contributed by atoms with Gasteiger partial charge in [0, 0.05) is 38.4 Å². The third kappa shape index (κ3) is 5.24. The van der Waals surface area contributed by atoms with Crippen LogP contribution in [0.15, 0.2) is 24.3 Å². The molecule has 1 amide bonds. The van der Waals surface area contributed by atoms with E-state index in [9.17, 15) is 13.2 Å². The Morgan fingerprint density at radius 1 is 1.18 bits per heavy atom. The molecule has 0 N–H and O–H groups in total. The van der Waals surface area contributed by atoms with Crippen LogP contribution in [0.1, 0.15) is 31.7 Å². The first kappa shape index (κ1) is 21.1. The summed E-state index contributed by atoms with van der Waals surface area (Å²) >= 11 is 0. The molecule has 1 aromatic carbocycles. The van der Waals surface area contributed by atoms with Crippen LogP contribution in [0.25, 0.3) is 0 Å². The van der Waals surface area contributed by atoms with Gasteiger partial charge in [0.1, 0.15) is 5.75 Å². The van der Waals surface area contributed by atoms with E-state index >= 15 is 0 Å². The summed E-state index contributed by atoms with van der Waals surface area (Å²) in [7, 11) is -3.24. The Balaban J connectivity index is 1.73. The monoisotopic (exact) mass is 410 g/mol. The molecule has 1 aromatic rings. The van der Waals surface area contributed by atoms with Crippen LogP contribution >= 0.6 is 0 Å². The fourth-order valence-corrected chi connectivity index (χ4v) is 4.92. The van der Waals surface area contributed by atoms with Gasteiger partial charge < -0.3 is 14.4 Å². The van der Waals surface area contributed by atoms with Crippen LogP contribution < -0.4 is 4.74 Å². The van der Waals surface area contributed by atoms with Gasteiger partial charge in [0.15, 0.2) is 0 Å². The Kier molecular flexibility index (Phi) is 6.95. The van der Waals surface area contributed by atoms with Crippen molar-refractivity contribution in [1.29, 1.82) is 0 Å². The number of rotatable bonds is 7. The molecule has 0 bridgehead atoms. The second-order valence-electron chi connectivity index (χ2n) is 7.46. The van der Waals surface area contributed by atoms with E-state index in [4.69, 9.17) is 9.47 Å². The second-order valence-corrected chi connectivity index (χ2v) is 9.44. The van der Waals surface area contributed by atoms with Gasteiger partial charge >= 0.3 is 0 Å². The molecule has 0 radical (unpaired) electrons. The smallest absolute Gasteiger partial charge is 0.227 e. The highest BCUT2D eigenvalue weighted by atomic mass is 32.2. The van der Waals surface area contributed by atoms with Gasteiger partial charge in [-0.1, -0.05) is 12.1 Å². The molecule has 8 heteroatoms. The Morgan fingerprint density at radius 2 is 1.86 bits per heavy atom. The first-order chi connectivity index (χ1) is 13.4. The molecule has 2 fully saturated rings. The number of sulfonamides is 1. The van der Waals surface area contributed by atoms with E-state index in [1.807, 2.05) is 36.1 Å². The second kappa shape index (κ2) is 9.24. The van der Waals surface area contributed by atoms with Gasteiger partial charge in [-0.15, -0.1) is 0 Å². The zero-order valence-corrected chi connectivity index (χ0v) is 17.5. The van der Waals surface area contributed by atoms with Gasteiger partial charge in [0.2, 0.25) is 15.9 Å². The molecule has 0 spiro atoms. The normalized spacial score (nSPS) is 21.6. The molecule has 3 rings (SSSR count). The van der Waals surface area contributed by atoms with Gasteiger partial charge in [-0.05, 0) is 43.9 Å². The lowest BCUT2D eigenvalue weighted by molar-refractivity contribution is -0.137. The molecule has 2 aliphatic heterocycles. The molecule has 2 saturated heterocycles. The zero-order valence-electron chi connectivity index (χ0n) is 16.7. The molecule has 156 valence electrons. The number of nitrogens with zero attached hydrogens (tertiary/aromatic N) is 2. The third-order valence-electron chi connectivity index (χ3n) is 5.45. The van der Waals surface area contributed by atoms with E-state index in [0.717, 1.165) is 24.2 Å². The molecule has 2 aliphatic rings. The summed E-state index contributed by atoms with van der Waals surface area (Å²) in [6.45, 7) is 4.67. The fraction of sp³-hybridized carbons (Fsp3) is 0.650. The zero-order chi connectivity index (χ0) is 20.1. The summed E-state index contributed by atoms with van der Waals surface area (Å²) < 4.78 is 36.2. The van der Waals surface area contributed by atoms with Crippen molar-refractivity contribution in [3.63, 3.8) is 0 Å². The maximum atomic E-state index is 13.3. The van der Waals surface area contributed by atoms with E-state index in [1.165, 1.54) is 10.6 Å². The van der Waals surface area contributed by atoms with Crippen molar-refractivity contribution in [3.05, 3.63) is 29.8 Å². The van der Waals surface area contributed by atoms with Crippen LogP contribution in [-0.2, 0) is 26.0 Å². The van der Waals surface area contributed by atoms with Crippen LogP contribution in [0.3, 0.4) is 0 Å². The number of ether oxygens (including phenoxy) is 2. The topological polar surface area (TPSA) is 76.2 Å². The van der Waals surface area contributed by atoms with E-state index in [2.05, 4.69) is 0 Å². The minimum Gasteiger partial charge on any atom is -0.494 e. The quantitative estimate of drug-likeness (QED) is 0.683. The van der Waals surface area contributed by atoms with Crippen molar-refractivity contribution in [3.8, 4) is 5.75 Å². The van der Waals surface area contributed by atoms with Crippen LogP contribution in [0.2, 0.25) is 0 Å². The predicted molar refractivity (Wildman–Crippen MR) is 107 cm³/mol. The molecule has 1 atom stereocenters. The Labute approximate surface area is 167 Å². The average molecular weight is 411 g/mol. The molecule has 0 aliphatic carbocycles. The summed E-state index contributed by atoms with van der Waals surface area (Å²) in [6.07, 6.45) is 3.81. The minimum absolute atomic E-state index is 0.0522. The molecule has 28 heavy (non-hydrogen) atoms. The minimum atomic E-state index is -3.24. The van der Waals surface area contributed by atoms with E-state index < -0.39 is 10.0 Å². The van der Waals surface area contributed by atoms with Crippen molar-refractivity contribution in [2.24, 2.45) is 0 Å². The van der Waals surface area contributed by atoms with E-state index in [0.29, 0.717) is 45.8 Å². The van der Waals surface area contributed by atoms with Gasteiger partial charge in [-0.3, -0.25) is 4.79 Å². The lowest BCUT2D eigenvalue weighted by Gasteiger charge is -2.38. The van der Waals surface area contributed by atoms with Crippen LogP contribution in [0.4, 0.5) is 0 Å². The van der Waals surface area contributed by atoms with Crippen molar-refractivity contribution in [2.75, 3.05) is 39.2 Å². The first-order valence-electron chi connectivity index (χ1n) is 9.94. The Morgan fingerprint density at radius 3 is 2.43 bits per heavy atom. The van der Waals surface area contributed by atoms with Gasteiger partial charge in [0.25, 0.3) is 0 Å². The summed E-state index contributed by atoms with van der Waals surface area (Å²) in [6, 6.07) is 7.63. The van der Waals surface area contributed by atoms with Gasteiger partial charge in [-0.25, -0.2) is 12.7 Å². The molecule has 2 heterocycles. The highest BCUT2D eigenvalue weighted by Crippen LogP contribution is 2.26. The molecule has 0 aromatic heterocycles. The van der Waals surface area contributed by atoms with E-state index in [-0.39, 0.29) is 18.0 Å². The first-order valence-corrected chi connectivity index (χ1v) is 11.8. The summed E-state index contributed by atoms with van der Waals surface area (Å²) in [5, 5.41) is 0. The number of carbonyl (C=O) groups is 1. The fourth-order valence-electron chi connectivity index (χ4n) is 4.04. The lowest BCUT2D eigenvalue weighted by Crippen LogP contribution is -2.51. The maximum absolute atomic E-state index is 13.3. The third-order valence-corrected chi connectivity index (χ3v) is 6.72. The summed E-state index contributed by atoms with van der Waals surface area (Å²) in [4.78, 5) is 15.2. The standard InChI is InChI=1S/C20H30N2O5S/c1-3-27-19-6-4-16(5-7-19)14-20(23)22(17-9-12-26-13-10-17)18-8-11-21(15-18)28(2,24)25/h4-7,17-18H,3,8-15H2,1-2H3. The number of amides is 1. The van der Waals surface area contributed by atoms with E-state index in [1.54, 1.807) is 0 Å². The highest BCUT2D eigenvalue weighted by Gasteiger charge is 2.38. The predicted octanol–water partition coefficient (Wildman–Crippen LogP) is 1.67. The molecular weight excluding hydrogens is 380 g/mol. The molecule has 7 nitrogen and oxygen atoms in total. The SMILES string of the molecule is CCOc1ccc(CC(=O)N(C2CCOCC2)C2CCN(S(C)(=O)=O)C2)cc1. The number of hydrogen-bond donors (Lipinski definition) is 0. The van der Waals surface area contributed by atoms with Crippen molar-refractivity contribution < 1.29 is 22.7 Å². The van der Waals surface area contributed by atoms with Crippen molar-refractivity contribution in [1.82, 2.24) is 9.21 Å². The van der Waals surface area contributed by atoms with Crippen LogP contribution in [0, 0.1) is 0 Å². The summed E-state index contributed by atoms with van der Waals surface area (Å²) in [5.74, 6) is 0.844. The maximum Gasteiger partial charge on any atom is 0.227 e. The molecular formula is C20H30N2O5S. The number of benzene rings is 1. The highest BCUT2D eigenvalue weighted by molar-refractivity contribution is 7.88.